The summed E-state index contributed by atoms with van der Waals surface area (Å²) in [6.45, 7) is 0.394. The number of rotatable bonds is 6. The van der Waals surface area contributed by atoms with E-state index in [0.29, 0.717) is 6.61 Å². The summed E-state index contributed by atoms with van der Waals surface area (Å²) < 4.78 is 55.0. The first-order valence-electron chi connectivity index (χ1n) is 7.12. The molecular formula is C16H16O5S2. The fourth-order valence-corrected chi connectivity index (χ4v) is 6.98. The topological polar surface area (TPSA) is 80.8 Å². The molecule has 0 saturated carbocycles. The van der Waals surface area contributed by atoms with Gasteiger partial charge in [0.15, 0.2) is 24.3 Å². The van der Waals surface area contributed by atoms with Gasteiger partial charge in [-0.2, -0.15) is 0 Å². The van der Waals surface area contributed by atoms with Gasteiger partial charge in [-0.25, -0.2) is 16.8 Å². The van der Waals surface area contributed by atoms with Crippen LogP contribution in [0.1, 0.15) is 6.42 Å². The van der Waals surface area contributed by atoms with Crippen LogP contribution in [0.15, 0.2) is 70.5 Å². The zero-order valence-electron chi connectivity index (χ0n) is 12.2. The van der Waals surface area contributed by atoms with Crippen molar-refractivity contribution in [2.75, 3.05) is 6.61 Å². The number of hydrogen-bond acceptors (Lipinski definition) is 5. The lowest BCUT2D eigenvalue weighted by atomic mass is 10.4. The standard InChI is InChI=1S/C16H16O5S2/c17-22(18,14-7-3-1-4-8-14)16(11-13-12-21-13)23(19,20)15-9-5-2-6-10-15/h1-10,13,16H,11-12H2. The molecule has 7 heteroatoms. The Balaban J connectivity index is 2.08. The molecule has 0 aromatic heterocycles. The van der Waals surface area contributed by atoms with Crippen LogP contribution in [0.3, 0.4) is 0 Å². The van der Waals surface area contributed by atoms with Gasteiger partial charge in [-0.1, -0.05) is 36.4 Å². The van der Waals surface area contributed by atoms with Gasteiger partial charge in [-0.05, 0) is 24.3 Å². The fourth-order valence-electron chi connectivity index (χ4n) is 2.36. The fraction of sp³-hybridized carbons (Fsp3) is 0.250. The first kappa shape index (κ1) is 16.2. The van der Waals surface area contributed by atoms with Crippen molar-refractivity contribution in [2.45, 2.75) is 26.9 Å². The molecule has 1 atom stereocenters. The Morgan fingerprint density at radius 1 is 0.826 bits per heavy atom. The number of benzene rings is 2. The lowest BCUT2D eigenvalue weighted by Crippen LogP contribution is -2.32. The van der Waals surface area contributed by atoms with Crippen molar-refractivity contribution in [1.29, 1.82) is 0 Å². The van der Waals surface area contributed by atoms with Crippen molar-refractivity contribution in [2.24, 2.45) is 0 Å². The van der Waals surface area contributed by atoms with Gasteiger partial charge in [-0.3, -0.25) is 0 Å². The largest absolute Gasteiger partial charge is 0.373 e. The van der Waals surface area contributed by atoms with Crippen LogP contribution in [0.25, 0.3) is 0 Å². The summed E-state index contributed by atoms with van der Waals surface area (Å²) in [4.78, 5) is 0.00955. The van der Waals surface area contributed by atoms with E-state index in [1.807, 2.05) is 0 Å². The predicted molar refractivity (Wildman–Crippen MR) is 85.4 cm³/mol. The lowest BCUT2D eigenvalue weighted by molar-refractivity contribution is 0.398. The summed E-state index contributed by atoms with van der Waals surface area (Å²) in [5, 5.41) is 0. The molecule has 1 heterocycles. The van der Waals surface area contributed by atoms with Crippen LogP contribution in [0, 0.1) is 0 Å². The van der Waals surface area contributed by atoms with Crippen molar-refractivity contribution in [1.82, 2.24) is 0 Å². The molecule has 1 aliphatic rings. The number of hydrogen-bond donors (Lipinski definition) is 0. The Hall–Kier alpha value is -1.70. The molecule has 0 bridgehead atoms. The Bertz CT molecular complexity index is 801. The maximum atomic E-state index is 12.9. The van der Waals surface area contributed by atoms with E-state index >= 15 is 0 Å². The molecule has 0 amide bonds. The van der Waals surface area contributed by atoms with Crippen LogP contribution < -0.4 is 0 Å². The molecule has 2 aromatic carbocycles. The molecule has 122 valence electrons. The summed E-state index contributed by atoms with van der Waals surface area (Å²) in [5.41, 5.74) is 0. The Labute approximate surface area is 135 Å². The molecular weight excluding hydrogens is 336 g/mol. The minimum Gasteiger partial charge on any atom is -0.373 e. The van der Waals surface area contributed by atoms with E-state index in [1.54, 1.807) is 36.4 Å². The highest BCUT2D eigenvalue weighted by molar-refractivity contribution is 8.09. The molecule has 1 aliphatic heterocycles. The molecule has 0 spiro atoms. The third-order valence-corrected chi connectivity index (χ3v) is 8.84. The third-order valence-electron chi connectivity index (χ3n) is 3.69. The predicted octanol–water partition coefficient (Wildman–Crippen LogP) is 2.05. The maximum absolute atomic E-state index is 12.9. The van der Waals surface area contributed by atoms with Crippen LogP contribution in [-0.4, -0.2) is 34.1 Å². The van der Waals surface area contributed by atoms with Crippen LogP contribution in [-0.2, 0) is 24.4 Å². The second-order valence-electron chi connectivity index (χ2n) is 5.34. The van der Waals surface area contributed by atoms with Gasteiger partial charge < -0.3 is 4.74 Å². The molecule has 0 aliphatic carbocycles. The lowest BCUT2D eigenvalue weighted by Gasteiger charge is -2.17. The van der Waals surface area contributed by atoms with Crippen molar-refractivity contribution in [3.05, 3.63) is 60.7 Å². The van der Waals surface area contributed by atoms with Crippen molar-refractivity contribution >= 4 is 19.7 Å². The third kappa shape index (κ3) is 3.31. The first-order chi connectivity index (χ1) is 10.9. The van der Waals surface area contributed by atoms with Gasteiger partial charge in [0.05, 0.1) is 22.5 Å². The van der Waals surface area contributed by atoms with Gasteiger partial charge in [0.2, 0.25) is 0 Å². The van der Waals surface area contributed by atoms with Crippen LogP contribution in [0.5, 0.6) is 0 Å². The average Bonchev–Trinajstić information content (AvgIpc) is 3.38. The summed E-state index contributed by atoms with van der Waals surface area (Å²) in [6.07, 6.45) is -0.383. The second kappa shape index (κ2) is 6.07. The molecule has 1 saturated heterocycles. The highest BCUT2D eigenvalue weighted by atomic mass is 32.3. The highest BCUT2D eigenvalue weighted by Gasteiger charge is 2.43. The minimum atomic E-state index is -4.03. The van der Waals surface area contributed by atoms with Gasteiger partial charge in [-0.15, -0.1) is 0 Å². The van der Waals surface area contributed by atoms with E-state index in [-0.39, 0.29) is 22.3 Å². The van der Waals surface area contributed by atoms with Gasteiger partial charge >= 0.3 is 0 Å². The number of sulfone groups is 2. The van der Waals surface area contributed by atoms with Gasteiger partial charge in [0, 0.05) is 6.42 Å². The van der Waals surface area contributed by atoms with E-state index in [1.165, 1.54) is 24.3 Å². The first-order valence-corrected chi connectivity index (χ1v) is 10.2. The molecule has 5 nitrogen and oxygen atoms in total. The Kier molecular flexibility index (Phi) is 4.27. The van der Waals surface area contributed by atoms with Gasteiger partial charge in [0.1, 0.15) is 0 Å². The molecule has 2 aromatic rings. The van der Waals surface area contributed by atoms with E-state index in [4.69, 9.17) is 4.74 Å². The number of epoxide rings is 1. The molecule has 0 radical (unpaired) electrons. The van der Waals surface area contributed by atoms with Crippen LogP contribution >= 0.6 is 0 Å². The molecule has 23 heavy (non-hydrogen) atoms. The number of ether oxygens (including phenoxy) is 1. The average molecular weight is 352 g/mol. The van der Waals surface area contributed by atoms with E-state index in [2.05, 4.69) is 0 Å². The van der Waals surface area contributed by atoms with Crippen LogP contribution in [0.4, 0.5) is 0 Å². The van der Waals surface area contributed by atoms with Crippen molar-refractivity contribution < 1.29 is 21.6 Å². The maximum Gasteiger partial charge on any atom is 0.196 e. The SMILES string of the molecule is O=S(=O)(c1ccccc1)C(CC1CO1)S(=O)(=O)c1ccccc1. The Morgan fingerprint density at radius 3 is 1.57 bits per heavy atom. The van der Waals surface area contributed by atoms with Gasteiger partial charge in [0.25, 0.3) is 0 Å². The molecule has 0 N–H and O–H groups in total. The quantitative estimate of drug-likeness (QED) is 0.743. The second-order valence-corrected chi connectivity index (χ2v) is 9.90. The smallest absolute Gasteiger partial charge is 0.196 e. The molecule has 1 fully saturated rings. The van der Waals surface area contributed by atoms with E-state index in [0.717, 1.165) is 0 Å². The highest BCUT2D eigenvalue weighted by Crippen LogP contribution is 2.31. The molecule has 1 unspecified atom stereocenters. The zero-order valence-corrected chi connectivity index (χ0v) is 13.8. The summed E-state index contributed by atoms with van der Waals surface area (Å²) in [6, 6.07) is 15.3. The zero-order chi connectivity index (χ0) is 16.5. The minimum absolute atomic E-state index is 0.00477. The van der Waals surface area contributed by atoms with Crippen molar-refractivity contribution in [3.63, 3.8) is 0 Å². The van der Waals surface area contributed by atoms with Crippen LogP contribution in [0.2, 0.25) is 0 Å². The van der Waals surface area contributed by atoms with E-state index < -0.39 is 24.3 Å². The van der Waals surface area contributed by atoms with Crippen molar-refractivity contribution in [3.8, 4) is 0 Å². The normalized spacial score (nSPS) is 18.0. The summed E-state index contributed by atoms with van der Waals surface area (Å²) in [5.74, 6) is 0. The summed E-state index contributed by atoms with van der Waals surface area (Å²) >= 11 is 0. The Morgan fingerprint density at radius 2 is 1.22 bits per heavy atom. The molecule has 3 rings (SSSR count). The summed E-state index contributed by atoms with van der Waals surface area (Å²) in [7, 11) is -8.06. The monoisotopic (exact) mass is 352 g/mol. The van der Waals surface area contributed by atoms with E-state index in [9.17, 15) is 16.8 Å².